The molecule has 0 aromatic heterocycles. The summed E-state index contributed by atoms with van der Waals surface area (Å²) in [5, 5.41) is 18.5. The SMILES string of the molecule is Cc1c(O)cc(O)c(C)c1C. The summed E-state index contributed by atoms with van der Waals surface area (Å²) in [6.45, 7) is 5.54. The monoisotopic (exact) mass is 152 g/mol. The normalized spacial score (nSPS) is 10.1. The topological polar surface area (TPSA) is 40.5 Å². The van der Waals surface area contributed by atoms with Crippen molar-refractivity contribution in [2.45, 2.75) is 20.8 Å². The van der Waals surface area contributed by atoms with Crippen molar-refractivity contribution in [3.05, 3.63) is 22.8 Å². The smallest absolute Gasteiger partial charge is 0.122 e. The van der Waals surface area contributed by atoms with E-state index in [2.05, 4.69) is 0 Å². The fourth-order valence-electron chi connectivity index (χ4n) is 1.01. The van der Waals surface area contributed by atoms with E-state index in [9.17, 15) is 10.2 Å². The molecule has 0 amide bonds. The van der Waals surface area contributed by atoms with Crippen LogP contribution in [-0.2, 0) is 0 Å². The predicted molar refractivity (Wildman–Crippen MR) is 44.0 cm³/mol. The molecule has 0 aliphatic rings. The number of phenolic OH excluding ortho intramolecular Hbond substituents is 2. The lowest BCUT2D eigenvalue weighted by Crippen LogP contribution is -1.87. The van der Waals surface area contributed by atoms with Gasteiger partial charge in [-0.2, -0.15) is 0 Å². The van der Waals surface area contributed by atoms with Gasteiger partial charge in [-0.1, -0.05) is 0 Å². The molecular weight excluding hydrogens is 140 g/mol. The number of benzene rings is 1. The summed E-state index contributed by atoms with van der Waals surface area (Å²) < 4.78 is 0. The quantitative estimate of drug-likeness (QED) is 0.597. The molecule has 0 aliphatic carbocycles. The van der Waals surface area contributed by atoms with Crippen LogP contribution in [0, 0.1) is 20.8 Å². The van der Waals surface area contributed by atoms with E-state index in [1.807, 2.05) is 20.8 Å². The highest BCUT2D eigenvalue weighted by molar-refractivity contribution is 5.49. The first kappa shape index (κ1) is 7.92. The second-order valence-electron chi connectivity index (χ2n) is 2.79. The number of hydrogen-bond donors (Lipinski definition) is 2. The third-order valence-corrected chi connectivity index (χ3v) is 2.17. The lowest BCUT2D eigenvalue weighted by Gasteiger charge is -2.08. The molecule has 60 valence electrons. The second-order valence-corrected chi connectivity index (χ2v) is 2.79. The van der Waals surface area contributed by atoms with Crippen molar-refractivity contribution in [2.24, 2.45) is 0 Å². The maximum absolute atomic E-state index is 9.25. The highest BCUT2D eigenvalue weighted by Gasteiger charge is 2.06. The van der Waals surface area contributed by atoms with Crippen molar-refractivity contribution in [3.8, 4) is 11.5 Å². The van der Waals surface area contributed by atoms with Gasteiger partial charge in [-0.05, 0) is 37.5 Å². The van der Waals surface area contributed by atoms with Gasteiger partial charge in [0.2, 0.25) is 0 Å². The molecule has 11 heavy (non-hydrogen) atoms. The second kappa shape index (κ2) is 2.46. The highest BCUT2D eigenvalue weighted by Crippen LogP contribution is 2.29. The Kier molecular flexibility index (Phi) is 1.77. The van der Waals surface area contributed by atoms with E-state index < -0.39 is 0 Å². The van der Waals surface area contributed by atoms with Gasteiger partial charge in [-0.25, -0.2) is 0 Å². The molecule has 1 rings (SSSR count). The van der Waals surface area contributed by atoms with Crippen molar-refractivity contribution < 1.29 is 10.2 Å². The maximum Gasteiger partial charge on any atom is 0.122 e. The van der Waals surface area contributed by atoms with Crippen LogP contribution in [0.3, 0.4) is 0 Å². The van der Waals surface area contributed by atoms with Gasteiger partial charge in [0.15, 0.2) is 0 Å². The Hall–Kier alpha value is -1.18. The van der Waals surface area contributed by atoms with Crippen LogP contribution in [0.15, 0.2) is 6.07 Å². The molecule has 1 aromatic carbocycles. The van der Waals surface area contributed by atoms with Crippen LogP contribution in [0.5, 0.6) is 11.5 Å². The molecule has 0 saturated carbocycles. The summed E-state index contributed by atoms with van der Waals surface area (Å²) in [5.41, 5.74) is 2.61. The van der Waals surface area contributed by atoms with Gasteiger partial charge in [0.25, 0.3) is 0 Å². The van der Waals surface area contributed by atoms with E-state index >= 15 is 0 Å². The van der Waals surface area contributed by atoms with Gasteiger partial charge < -0.3 is 10.2 Å². The Labute approximate surface area is 66.1 Å². The zero-order valence-electron chi connectivity index (χ0n) is 6.97. The molecule has 0 aliphatic heterocycles. The third-order valence-electron chi connectivity index (χ3n) is 2.17. The summed E-state index contributed by atoms with van der Waals surface area (Å²) in [6.07, 6.45) is 0. The van der Waals surface area contributed by atoms with Crippen LogP contribution in [0.1, 0.15) is 16.7 Å². The molecule has 2 N–H and O–H groups in total. The van der Waals surface area contributed by atoms with E-state index in [-0.39, 0.29) is 11.5 Å². The maximum atomic E-state index is 9.25. The van der Waals surface area contributed by atoms with E-state index in [0.717, 1.165) is 16.7 Å². The molecule has 0 unspecified atom stereocenters. The van der Waals surface area contributed by atoms with Crippen LogP contribution in [0.4, 0.5) is 0 Å². The molecule has 0 radical (unpaired) electrons. The first-order valence-electron chi connectivity index (χ1n) is 3.52. The first-order valence-corrected chi connectivity index (χ1v) is 3.52. The Morgan fingerprint density at radius 1 is 0.818 bits per heavy atom. The van der Waals surface area contributed by atoms with Crippen molar-refractivity contribution in [2.75, 3.05) is 0 Å². The Balaban J connectivity index is 3.46. The lowest BCUT2D eigenvalue weighted by molar-refractivity contribution is 0.444. The molecule has 2 heteroatoms. The highest BCUT2D eigenvalue weighted by atomic mass is 16.3. The molecule has 2 nitrogen and oxygen atoms in total. The zero-order chi connectivity index (χ0) is 8.59. The minimum absolute atomic E-state index is 0.158. The zero-order valence-corrected chi connectivity index (χ0v) is 6.97. The minimum Gasteiger partial charge on any atom is -0.508 e. The van der Waals surface area contributed by atoms with Crippen molar-refractivity contribution in [3.63, 3.8) is 0 Å². The Morgan fingerprint density at radius 3 is 1.55 bits per heavy atom. The van der Waals surface area contributed by atoms with E-state index in [1.165, 1.54) is 6.07 Å². The lowest BCUT2D eigenvalue weighted by atomic mass is 10.0. The largest absolute Gasteiger partial charge is 0.508 e. The fourth-order valence-corrected chi connectivity index (χ4v) is 1.01. The van der Waals surface area contributed by atoms with Gasteiger partial charge in [0.05, 0.1) is 0 Å². The number of phenols is 2. The van der Waals surface area contributed by atoms with E-state index in [4.69, 9.17) is 0 Å². The summed E-state index contributed by atoms with van der Waals surface area (Å²) in [4.78, 5) is 0. The predicted octanol–water partition coefficient (Wildman–Crippen LogP) is 2.02. The summed E-state index contributed by atoms with van der Waals surface area (Å²) >= 11 is 0. The molecular formula is C9H12O2. The van der Waals surface area contributed by atoms with Gasteiger partial charge in [-0.3, -0.25) is 0 Å². The standard InChI is InChI=1S/C9H12O2/c1-5-6(2)8(10)4-9(11)7(5)3/h4,10-11H,1-3H3. The van der Waals surface area contributed by atoms with Gasteiger partial charge in [-0.15, -0.1) is 0 Å². The van der Waals surface area contributed by atoms with Gasteiger partial charge in [0, 0.05) is 6.07 Å². The van der Waals surface area contributed by atoms with Crippen LogP contribution < -0.4 is 0 Å². The van der Waals surface area contributed by atoms with Crippen molar-refractivity contribution in [1.82, 2.24) is 0 Å². The molecule has 0 fully saturated rings. The van der Waals surface area contributed by atoms with Crippen LogP contribution in [0.25, 0.3) is 0 Å². The molecule has 0 atom stereocenters. The van der Waals surface area contributed by atoms with Gasteiger partial charge >= 0.3 is 0 Å². The van der Waals surface area contributed by atoms with E-state index in [0.29, 0.717) is 0 Å². The molecule has 0 bridgehead atoms. The molecule has 0 saturated heterocycles. The minimum atomic E-state index is 0.158. The average Bonchev–Trinajstić information content (AvgIpc) is 1.97. The summed E-state index contributed by atoms with van der Waals surface area (Å²) in [6, 6.07) is 1.37. The van der Waals surface area contributed by atoms with Crippen molar-refractivity contribution >= 4 is 0 Å². The summed E-state index contributed by atoms with van der Waals surface area (Å²) in [7, 11) is 0. The van der Waals surface area contributed by atoms with E-state index in [1.54, 1.807) is 0 Å². The Bertz CT molecular complexity index is 264. The molecule has 1 aromatic rings. The number of aromatic hydroxyl groups is 2. The van der Waals surface area contributed by atoms with Gasteiger partial charge in [0.1, 0.15) is 11.5 Å². The average molecular weight is 152 g/mol. The third kappa shape index (κ3) is 1.16. The molecule has 0 heterocycles. The number of hydrogen-bond acceptors (Lipinski definition) is 2. The summed E-state index contributed by atoms with van der Waals surface area (Å²) in [5.74, 6) is 0.316. The number of rotatable bonds is 0. The Morgan fingerprint density at radius 2 is 1.18 bits per heavy atom. The van der Waals surface area contributed by atoms with Crippen LogP contribution in [-0.4, -0.2) is 10.2 Å². The van der Waals surface area contributed by atoms with Crippen LogP contribution in [0.2, 0.25) is 0 Å². The molecule has 0 spiro atoms. The van der Waals surface area contributed by atoms with Crippen LogP contribution >= 0.6 is 0 Å². The fraction of sp³-hybridized carbons (Fsp3) is 0.333. The van der Waals surface area contributed by atoms with Crippen molar-refractivity contribution in [1.29, 1.82) is 0 Å². The first-order chi connectivity index (χ1) is 5.04.